The fourth-order valence-electron chi connectivity index (χ4n) is 2.37. The Balaban J connectivity index is 0.00000220. The fraction of sp³-hybridized carbons (Fsp3) is 0.533. The van der Waals surface area contributed by atoms with Gasteiger partial charge in [-0.2, -0.15) is 0 Å². The van der Waals surface area contributed by atoms with Crippen LogP contribution < -0.4 is 20.1 Å². The summed E-state index contributed by atoms with van der Waals surface area (Å²) in [5, 5.41) is 6.24. The number of aliphatic imine (C=N–C) groups is 1. The first kappa shape index (κ1) is 17.9. The maximum atomic E-state index is 5.81. The molecule has 6 heteroatoms. The van der Waals surface area contributed by atoms with Crippen LogP contribution in [0.3, 0.4) is 0 Å². The van der Waals surface area contributed by atoms with Gasteiger partial charge < -0.3 is 20.1 Å². The zero-order valence-corrected chi connectivity index (χ0v) is 15.4. The van der Waals surface area contributed by atoms with Gasteiger partial charge in [0.05, 0.1) is 6.61 Å². The first-order valence-electron chi connectivity index (χ1n) is 7.01. The van der Waals surface area contributed by atoms with E-state index in [0.717, 1.165) is 29.4 Å². The van der Waals surface area contributed by atoms with Crippen molar-refractivity contribution < 1.29 is 9.47 Å². The minimum Gasteiger partial charge on any atom is -0.494 e. The van der Waals surface area contributed by atoms with Crippen molar-refractivity contribution in [2.75, 3.05) is 20.7 Å². The van der Waals surface area contributed by atoms with E-state index in [4.69, 9.17) is 9.47 Å². The molecular weight excluding hydrogens is 381 g/mol. The summed E-state index contributed by atoms with van der Waals surface area (Å²) in [7, 11) is 3.59. The van der Waals surface area contributed by atoms with Gasteiger partial charge >= 0.3 is 0 Å². The Kier molecular flexibility index (Phi) is 7.07. The Morgan fingerprint density at radius 2 is 2.24 bits per heavy atom. The largest absolute Gasteiger partial charge is 0.494 e. The number of benzene rings is 1. The molecule has 0 aliphatic carbocycles. The molecule has 2 N–H and O–H groups in total. The van der Waals surface area contributed by atoms with Crippen molar-refractivity contribution in [2.24, 2.45) is 4.99 Å². The SMILES string of the molecule is CCOc1cc2c(cc1CNC(=NC)NC)OC(C)C2.I. The van der Waals surface area contributed by atoms with Crippen molar-refractivity contribution in [2.45, 2.75) is 32.9 Å². The van der Waals surface area contributed by atoms with Gasteiger partial charge in [0.2, 0.25) is 0 Å². The second-order valence-electron chi connectivity index (χ2n) is 4.81. The molecule has 0 saturated heterocycles. The second-order valence-corrected chi connectivity index (χ2v) is 4.81. The first-order valence-corrected chi connectivity index (χ1v) is 7.01. The number of rotatable bonds is 4. The van der Waals surface area contributed by atoms with Gasteiger partial charge in [0.1, 0.15) is 17.6 Å². The first-order chi connectivity index (χ1) is 9.67. The highest BCUT2D eigenvalue weighted by Crippen LogP contribution is 2.35. The predicted molar refractivity (Wildman–Crippen MR) is 96.1 cm³/mol. The minimum absolute atomic E-state index is 0. The summed E-state index contributed by atoms with van der Waals surface area (Å²) >= 11 is 0. The zero-order chi connectivity index (χ0) is 14.5. The van der Waals surface area contributed by atoms with Gasteiger partial charge in [0.25, 0.3) is 0 Å². The molecular formula is C15H24IN3O2. The average molecular weight is 405 g/mol. The Bertz CT molecular complexity index is 506. The Morgan fingerprint density at radius 3 is 2.86 bits per heavy atom. The molecule has 0 saturated carbocycles. The Morgan fingerprint density at radius 1 is 1.48 bits per heavy atom. The molecule has 1 aliphatic rings. The van der Waals surface area contributed by atoms with E-state index in [9.17, 15) is 0 Å². The van der Waals surface area contributed by atoms with Crippen molar-refractivity contribution in [3.8, 4) is 11.5 Å². The summed E-state index contributed by atoms with van der Waals surface area (Å²) in [6.07, 6.45) is 1.19. The van der Waals surface area contributed by atoms with Crippen LogP contribution in [0.25, 0.3) is 0 Å². The predicted octanol–water partition coefficient (Wildman–Crippen LogP) is 2.32. The lowest BCUT2D eigenvalue weighted by Crippen LogP contribution is -2.34. The van der Waals surface area contributed by atoms with Crippen LogP contribution in [-0.2, 0) is 13.0 Å². The number of guanidine groups is 1. The average Bonchev–Trinajstić information content (AvgIpc) is 2.79. The van der Waals surface area contributed by atoms with Crippen molar-refractivity contribution in [3.05, 3.63) is 23.3 Å². The maximum Gasteiger partial charge on any atom is 0.190 e. The Labute approximate surface area is 143 Å². The third-order valence-corrected chi connectivity index (χ3v) is 3.29. The van der Waals surface area contributed by atoms with Crippen LogP contribution in [0.2, 0.25) is 0 Å². The number of hydrogen-bond donors (Lipinski definition) is 2. The molecule has 1 heterocycles. The second kappa shape index (κ2) is 8.31. The molecule has 21 heavy (non-hydrogen) atoms. The van der Waals surface area contributed by atoms with Crippen molar-refractivity contribution in [1.82, 2.24) is 10.6 Å². The topological polar surface area (TPSA) is 54.9 Å². The van der Waals surface area contributed by atoms with Crippen LogP contribution in [-0.4, -0.2) is 32.8 Å². The molecule has 1 aromatic rings. The number of fused-ring (bicyclic) bond motifs is 1. The van der Waals surface area contributed by atoms with Gasteiger partial charge in [-0.05, 0) is 26.0 Å². The summed E-state index contributed by atoms with van der Waals surface area (Å²) in [6.45, 7) is 5.38. The number of nitrogens with zero attached hydrogens (tertiary/aromatic N) is 1. The number of hydrogen-bond acceptors (Lipinski definition) is 3. The van der Waals surface area contributed by atoms with Crippen LogP contribution >= 0.6 is 24.0 Å². The van der Waals surface area contributed by atoms with E-state index >= 15 is 0 Å². The van der Waals surface area contributed by atoms with Crippen LogP contribution in [0.15, 0.2) is 17.1 Å². The number of halogens is 1. The van der Waals surface area contributed by atoms with E-state index in [-0.39, 0.29) is 30.1 Å². The summed E-state index contributed by atoms with van der Waals surface area (Å²) < 4.78 is 11.6. The normalized spacial score (nSPS) is 16.6. The molecule has 118 valence electrons. The molecule has 1 aromatic carbocycles. The smallest absolute Gasteiger partial charge is 0.190 e. The molecule has 0 spiro atoms. The molecule has 5 nitrogen and oxygen atoms in total. The minimum atomic E-state index is 0. The van der Waals surface area contributed by atoms with Gasteiger partial charge in [0, 0.05) is 38.2 Å². The quantitative estimate of drug-likeness (QED) is 0.459. The summed E-state index contributed by atoms with van der Waals surface area (Å²) in [5.74, 6) is 2.64. The van der Waals surface area contributed by atoms with Gasteiger partial charge in [-0.3, -0.25) is 4.99 Å². The standard InChI is InChI=1S/C15H23N3O2.HI/c1-5-19-13-7-11-6-10(2)20-14(11)8-12(13)9-18-15(16-3)17-4;/h7-8,10H,5-6,9H2,1-4H3,(H2,16,17,18);1H. The summed E-state index contributed by atoms with van der Waals surface area (Å²) in [4.78, 5) is 4.10. The lowest BCUT2D eigenvalue weighted by Gasteiger charge is -2.14. The lowest BCUT2D eigenvalue weighted by atomic mass is 10.1. The van der Waals surface area contributed by atoms with E-state index in [1.807, 2.05) is 14.0 Å². The van der Waals surface area contributed by atoms with Gasteiger partial charge in [-0.15, -0.1) is 24.0 Å². The monoisotopic (exact) mass is 405 g/mol. The molecule has 1 unspecified atom stereocenters. The fourth-order valence-corrected chi connectivity index (χ4v) is 2.37. The highest BCUT2D eigenvalue weighted by molar-refractivity contribution is 14.0. The molecule has 2 rings (SSSR count). The van der Waals surface area contributed by atoms with Crippen LogP contribution in [0.4, 0.5) is 0 Å². The lowest BCUT2D eigenvalue weighted by molar-refractivity contribution is 0.254. The number of ether oxygens (including phenoxy) is 2. The molecule has 1 aliphatic heterocycles. The molecule has 0 fully saturated rings. The summed E-state index contributed by atoms with van der Waals surface area (Å²) in [5.41, 5.74) is 2.30. The van der Waals surface area contributed by atoms with E-state index in [1.165, 1.54) is 5.56 Å². The van der Waals surface area contributed by atoms with Crippen LogP contribution in [0, 0.1) is 0 Å². The molecule has 0 amide bonds. The van der Waals surface area contributed by atoms with Crippen molar-refractivity contribution in [3.63, 3.8) is 0 Å². The third-order valence-electron chi connectivity index (χ3n) is 3.29. The third kappa shape index (κ3) is 4.39. The maximum absolute atomic E-state index is 5.81. The van der Waals surface area contributed by atoms with E-state index < -0.39 is 0 Å². The molecule has 0 bridgehead atoms. The number of nitrogens with one attached hydrogen (secondary N) is 2. The van der Waals surface area contributed by atoms with Crippen LogP contribution in [0.1, 0.15) is 25.0 Å². The van der Waals surface area contributed by atoms with E-state index in [1.54, 1.807) is 7.05 Å². The summed E-state index contributed by atoms with van der Waals surface area (Å²) in [6, 6.07) is 4.17. The molecule has 0 radical (unpaired) electrons. The van der Waals surface area contributed by atoms with Crippen molar-refractivity contribution in [1.29, 1.82) is 0 Å². The van der Waals surface area contributed by atoms with Gasteiger partial charge in [0.15, 0.2) is 5.96 Å². The van der Waals surface area contributed by atoms with Crippen LogP contribution in [0.5, 0.6) is 11.5 Å². The highest BCUT2D eigenvalue weighted by Gasteiger charge is 2.21. The van der Waals surface area contributed by atoms with Gasteiger partial charge in [-0.25, -0.2) is 0 Å². The highest BCUT2D eigenvalue weighted by atomic mass is 127. The molecule has 0 aromatic heterocycles. The van der Waals surface area contributed by atoms with Crippen molar-refractivity contribution >= 4 is 29.9 Å². The van der Waals surface area contributed by atoms with E-state index in [0.29, 0.717) is 13.2 Å². The van der Waals surface area contributed by atoms with Gasteiger partial charge in [-0.1, -0.05) is 0 Å². The van der Waals surface area contributed by atoms with E-state index in [2.05, 4.69) is 34.7 Å². The Hall–Kier alpha value is -1.18. The molecule has 1 atom stereocenters. The zero-order valence-electron chi connectivity index (χ0n) is 13.0.